The molecule has 2 rings (SSSR count). The molecule has 1 aliphatic rings. The summed E-state index contributed by atoms with van der Waals surface area (Å²) < 4.78 is 23.9. The van der Waals surface area contributed by atoms with Crippen molar-refractivity contribution >= 4 is 44.5 Å². The van der Waals surface area contributed by atoms with Crippen LogP contribution >= 0.6 is 23.8 Å². The molecule has 8 heteroatoms. The quantitative estimate of drug-likeness (QED) is 0.688. The molecule has 1 atom stereocenters. The van der Waals surface area contributed by atoms with Gasteiger partial charge < -0.3 is 15.1 Å². The summed E-state index contributed by atoms with van der Waals surface area (Å²) in [5.41, 5.74) is 2.91. The lowest BCUT2D eigenvalue weighted by Gasteiger charge is -2.31. The molecular formula is C18H29ClN3O2S2+. The predicted molar refractivity (Wildman–Crippen MR) is 113 cm³/mol. The van der Waals surface area contributed by atoms with Crippen molar-refractivity contribution in [1.82, 2.24) is 4.90 Å². The van der Waals surface area contributed by atoms with Crippen LogP contribution in [-0.2, 0) is 9.84 Å². The van der Waals surface area contributed by atoms with E-state index in [2.05, 4.69) is 25.5 Å². The molecule has 0 bridgehead atoms. The van der Waals surface area contributed by atoms with Crippen LogP contribution in [0.1, 0.15) is 24.0 Å². The van der Waals surface area contributed by atoms with Gasteiger partial charge in [-0.05, 0) is 49.7 Å². The highest BCUT2D eigenvalue weighted by atomic mass is 35.5. The number of sulfone groups is 1. The number of rotatable bonds is 6. The number of thiocarbonyl (C=S) groups is 1. The maximum Gasteiger partial charge on any atom is 0.173 e. The summed E-state index contributed by atoms with van der Waals surface area (Å²) in [6.45, 7) is 5.73. The van der Waals surface area contributed by atoms with Crippen LogP contribution in [0.2, 0.25) is 5.02 Å². The zero-order valence-corrected chi connectivity index (χ0v) is 18.3. The Kier molecular flexibility index (Phi) is 7.30. The van der Waals surface area contributed by atoms with E-state index in [0.717, 1.165) is 36.3 Å². The molecule has 0 aromatic heterocycles. The van der Waals surface area contributed by atoms with Crippen molar-refractivity contribution < 1.29 is 13.3 Å². The molecule has 146 valence electrons. The fraction of sp³-hybridized carbons (Fsp3) is 0.611. The summed E-state index contributed by atoms with van der Waals surface area (Å²) in [5.74, 6) is 0.407. The first-order valence-corrected chi connectivity index (χ1v) is 11.5. The van der Waals surface area contributed by atoms with Gasteiger partial charge in [0.05, 0.1) is 42.9 Å². The van der Waals surface area contributed by atoms with Crippen molar-refractivity contribution in [3.8, 4) is 0 Å². The Labute approximate surface area is 167 Å². The van der Waals surface area contributed by atoms with Crippen molar-refractivity contribution in [2.75, 3.05) is 44.0 Å². The van der Waals surface area contributed by atoms with Crippen LogP contribution in [0.5, 0.6) is 0 Å². The second kappa shape index (κ2) is 8.87. The molecule has 2 N–H and O–H groups in total. The highest BCUT2D eigenvalue weighted by molar-refractivity contribution is 7.91. The molecule has 0 spiro atoms. The van der Waals surface area contributed by atoms with Gasteiger partial charge in [0.2, 0.25) is 0 Å². The van der Waals surface area contributed by atoms with E-state index in [1.807, 2.05) is 24.8 Å². The third kappa shape index (κ3) is 5.81. The van der Waals surface area contributed by atoms with Crippen molar-refractivity contribution in [2.45, 2.75) is 32.7 Å². The minimum Gasteiger partial charge on any atom is -0.345 e. The van der Waals surface area contributed by atoms with E-state index in [-0.39, 0.29) is 17.5 Å². The largest absolute Gasteiger partial charge is 0.345 e. The summed E-state index contributed by atoms with van der Waals surface area (Å²) in [6.07, 6.45) is 1.57. The average molecular weight is 419 g/mol. The number of quaternary nitrogens is 1. The van der Waals surface area contributed by atoms with E-state index in [1.165, 1.54) is 4.90 Å². The molecular weight excluding hydrogens is 390 g/mol. The molecule has 26 heavy (non-hydrogen) atoms. The van der Waals surface area contributed by atoms with Gasteiger partial charge in [-0.1, -0.05) is 17.7 Å². The summed E-state index contributed by atoms with van der Waals surface area (Å²) >= 11 is 12.0. The lowest BCUT2D eigenvalue weighted by atomic mass is 10.1. The zero-order valence-electron chi connectivity index (χ0n) is 15.9. The first-order valence-electron chi connectivity index (χ1n) is 8.93. The monoisotopic (exact) mass is 418 g/mol. The topological polar surface area (TPSA) is 53.9 Å². The number of aryl methyl sites for hydroxylation is 2. The molecule has 0 unspecified atom stereocenters. The van der Waals surface area contributed by atoms with Gasteiger partial charge in [0.1, 0.15) is 0 Å². The van der Waals surface area contributed by atoms with Crippen molar-refractivity contribution in [3.63, 3.8) is 0 Å². The number of anilines is 1. The Hall–Kier alpha value is -0.890. The molecule has 5 nitrogen and oxygen atoms in total. The minimum absolute atomic E-state index is 0.0679. The fourth-order valence-corrected chi connectivity index (χ4v) is 5.77. The molecule has 0 amide bonds. The Morgan fingerprint density at radius 3 is 2.62 bits per heavy atom. The second-order valence-electron chi connectivity index (χ2n) is 7.43. The minimum atomic E-state index is -2.97. The molecule has 0 aliphatic carbocycles. The van der Waals surface area contributed by atoms with Crippen LogP contribution in [0.25, 0.3) is 0 Å². The van der Waals surface area contributed by atoms with E-state index in [9.17, 15) is 8.42 Å². The zero-order chi connectivity index (χ0) is 19.5. The van der Waals surface area contributed by atoms with Gasteiger partial charge in [-0.3, -0.25) is 0 Å². The first kappa shape index (κ1) is 21.4. The molecule has 0 saturated carbocycles. The molecule has 1 fully saturated rings. The normalized spacial score (nSPS) is 18.9. The lowest BCUT2D eigenvalue weighted by molar-refractivity contribution is -0.858. The smallest absolute Gasteiger partial charge is 0.173 e. The van der Waals surface area contributed by atoms with Gasteiger partial charge in [-0.2, -0.15) is 0 Å². The molecule has 0 radical (unpaired) electrons. The van der Waals surface area contributed by atoms with Crippen LogP contribution in [0, 0.1) is 13.8 Å². The fourth-order valence-electron chi connectivity index (χ4n) is 3.33. The van der Waals surface area contributed by atoms with E-state index in [1.54, 1.807) is 0 Å². The standard InChI is InChI=1S/C18H28ClN3O2S2/c1-13-10-14(2)17(16(19)11-13)20-18(25)22(8-5-7-21(3)4)15-6-9-26(23,24)12-15/h10-11,15H,5-9,12H2,1-4H3,(H,20,25)/p+1/t15-/m1/s1. The number of halogens is 1. The average Bonchev–Trinajstić information content (AvgIpc) is 2.86. The van der Waals surface area contributed by atoms with Crippen molar-refractivity contribution in [1.29, 1.82) is 0 Å². The number of hydrogen-bond acceptors (Lipinski definition) is 3. The van der Waals surface area contributed by atoms with Gasteiger partial charge in [-0.25, -0.2) is 8.42 Å². The predicted octanol–water partition coefficient (Wildman–Crippen LogP) is 1.68. The molecule has 1 aromatic rings. The lowest BCUT2D eigenvalue weighted by Crippen LogP contribution is -3.05. The van der Waals surface area contributed by atoms with Gasteiger partial charge in [0.15, 0.2) is 14.9 Å². The Morgan fingerprint density at radius 1 is 1.38 bits per heavy atom. The van der Waals surface area contributed by atoms with Gasteiger partial charge in [0, 0.05) is 19.0 Å². The first-order chi connectivity index (χ1) is 12.1. The second-order valence-corrected chi connectivity index (χ2v) is 10.5. The molecule has 1 saturated heterocycles. The number of hydrogen-bond donors (Lipinski definition) is 2. The Balaban J connectivity index is 2.17. The summed E-state index contributed by atoms with van der Waals surface area (Å²) in [4.78, 5) is 3.40. The van der Waals surface area contributed by atoms with Crippen LogP contribution in [-0.4, -0.2) is 63.2 Å². The highest BCUT2D eigenvalue weighted by Crippen LogP contribution is 2.28. The van der Waals surface area contributed by atoms with E-state index in [0.29, 0.717) is 16.6 Å². The third-order valence-electron chi connectivity index (χ3n) is 4.65. The van der Waals surface area contributed by atoms with Gasteiger partial charge in [0.25, 0.3) is 0 Å². The summed E-state index contributed by atoms with van der Waals surface area (Å²) in [5, 5.41) is 4.45. The molecule has 1 heterocycles. The summed E-state index contributed by atoms with van der Waals surface area (Å²) in [7, 11) is 1.24. The maximum absolute atomic E-state index is 11.9. The summed E-state index contributed by atoms with van der Waals surface area (Å²) in [6, 6.07) is 3.89. The third-order valence-corrected chi connectivity index (χ3v) is 7.03. The maximum atomic E-state index is 11.9. The SMILES string of the molecule is Cc1cc(C)c(NC(=S)N(CCC[NH+](C)C)[C@@H]2CCS(=O)(=O)C2)c(Cl)c1. The number of benzene rings is 1. The molecule has 1 aromatic carbocycles. The van der Waals surface area contributed by atoms with Gasteiger partial charge in [-0.15, -0.1) is 0 Å². The number of nitrogens with one attached hydrogen (secondary N) is 2. The highest BCUT2D eigenvalue weighted by Gasteiger charge is 2.33. The Morgan fingerprint density at radius 2 is 2.08 bits per heavy atom. The van der Waals surface area contributed by atoms with Crippen LogP contribution < -0.4 is 10.2 Å². The Bertz CT molecular complexity index is 743. The van der Waals surface area contributed by atoms with Crippen molar-refractivity contribution in [3.05, 3.63) is 28.3 Å². The van der Waals surface area contributed by atoms with Crippen LogP contribution in [0.4, 0.5) is 5.69 Å². The molecule has 1 aliphatic heterocycles. The van der Waals surface area contributed by atoms with Crippen molar-refractivity contribution in [2.24, 2.45) is 0 Å². The van der Waals surface area contributed by atoms with Crippen LogP contribution in [0.15, 0.2) is 12.1 Å². The van der Waals surface area contributed by atoms with Gasteiger partial charge >= 0.3 is 0 Å². The number of nitrogens with zero attached hydrogens (tertiary/aromatic N) is 1. The van der Waals surface area contributed by atoms with E-state index >= 15 is 0 Å². The van der Waals surface area contributed by atoms with E-state index < -0.39 is 9.84 Å². The van der Waals surface area contributed by atoms with E-state index in [4.69, 9.17) is 23.8 Å². The van der Waals surface area contributed by atoms with Crippen LogP contribution in [0.3, 0.4) is 0 Å².